The van der Waals surface area contributed by atoms with E-state index in [0.717, 1.165) is 38.5 Å². The van der Waals surface area contributed by atoms with Crippen LogP contribution in [0.15, 0.2) is 0 Å². The smallest absolute Gasteiger partial charge is 0.0654 e. The van der Waals surface area contributed by atoms with Crippen LogP contribution in [0.3, 0.4) is 0 Å². The van der Waals surface area contributed by atoms with Crippen molar-refractivity contribution in [3.05, 3.63) is 0 Å². The Kier molecular flexibility index (Phi) is 34.2. The van der Waals surface area contributed by atoms with Crippen molar-refractivity contribution in [1.82, 2.24) is 0 Å². The second-order valence-electron chi connectivity index (χ2n) is 13.1. The standard InChI is InChI=1S/3C13H25O.Ru/c3*1-2-3-4-5-6-7-8-9-10-11-12-13-14;/h3*2-12H2,1H3;. The van der Waals surface area contributed by atoms with Gasteiger partial charge in [0.2, 0.25) is 0 Å². The molecule has 0 heterocycles. The minimum Gasteiger partial charge on any atom is -0.0654 e. The van der Waals surface area contributed by atoms with Crippen LogP contribution in [0.25, 0.3) is 0 Å². The van der Waals surface area contributed by atoms with Crippen molar-refractivity contribution in [2.45, 2.75) is 233 Å². The Labute approximate surface area is 275 Å². The van der Waals surface area contributed by atoms with Gasteiger partial charge in [-0.2, -0.15) is 0 Å². The van der Waals surface area contributed by atoms with Crippen LogP contribution in [-0.2, 0) is 30.3 Å². The number of hydrogen-bond acceptors (Lipinski definition) is 3. The third-order valence-corrected chi connectivity index (χ3v) is 13.0. The molecule has 0 unspecified atom stereocenters. The Balaban J connectivity index is 4.42. The summed E-state index contributed by atoms with van der Waals surface area (Å²) in [7, 11) is 0. The number of carbonyl (C=O) groups is 3. The summed E-state index contributed by atoms with van der Waals surface area (Å²) in [6.45, 7) is 6.77. The molecule has 0 aliphatic heterocycles. The Morgan fingerprint density at radius 1 is 0.279 bits per heavy atom. The summed E-state index contributed by atoms with van der Waals surface area (Å²) in [4.78, 5) is 39.7. The van der Waals surface area contributed by atoms with Gasteiger partial charge in [0, 0.05) is 0 Å². The first-order valence-corrected chi connectivity index (χ1v) is 21.9. The molecule has 0 aromatic carbocycles. The van der Waals surface area contributed by atoms with Gasteiger partial charge in [0.05, 0.1) is 0 Å². The van der Waals surface area contributed by atoms with Crippen LogP contribution >= 0.6 is 0 Å². The molecule has 0 aliphatic rings. The van der Waals surface area contributed by atoms with E-state index in [1.165, 1.54) is 154 Å². The number of carbonyl (C=O) groups excluding carboxylic acids is 3. The summed E-state index contributed by atoms with van der Waals surface area (Å²) >= 11 is -2.73. The molecule has 0 aliphatic carbocycles. The van der Waals surface area contributed by atoms with Crippen molar-refractivity contribution in [2.24, 2.45) is 0 Å². The molecule has 0 aromatic rings. The molecule has 0 aromatic heterocycles. The molecule has 0 rings (SSSR count). The van der Waals surface area contributed by atoms with Gasteiger partial charge >= 0.3 is 255 Å². The van der Waals surface area contributed by atoms with Crippen LogP contribution in [0, 0.1) is 0 Å². The maximum absolute atomic E-state index is 13.2. The van der Waals surface area contributed by atoms with Gasteiger partial charge in [-0.25, -0.2) is 0 Å². The first kappa shape index (κ1) is 42.6. The molecule has 0 atom stereocenters. The summed E-state index contributed by atoms with van der Waals surface area (Å²) in [6, 6.07) is 0. The van der Waals surface area contributed by atoms with Gasteiger partial charge in [0.25, 0.3) is 0 Å². The fourth-order valence-electron chi connectivity index (χ4n) is 5.84. The third-order valence-electron chi connectivity index (χ3n) is 8.75. The molecule has 0 spiro atoms. The molecule has 0 saturated carbocycles. The van der Waals surface area contributed by atoms with Crippen LogP contribution in [0.2, 0.25) is 0 Å². The van der Waals surface area contributed by atoms with Crippen molar-refractivity contribution in [3.63, 3.8) is 0 Å². The minimum atomic E-state index is -2.73. The maximum atomic E-state index is 13.2. The van der Waals surface area contributed by atoms with E-state index in [1.807, 2.05) is 0 Å². The summed E-state index contributed by atoms with van der Waals surface area (Å²) in [5.41, 5.74) is 0. The van der Waals surface area contributed by atoms with Crippen LogP contribution in [-0.4, -0.2) is 13.1 Å². The van der Waals surface area contributed by atoms with Crippen LogP contribution in [0.5, 0.6) is 0 Å². The second kappa shape index (κ2) is 34.5. The molecular weight excluding hydrogens is 617 g/mol. The number of unbranched alkanes of at least 4 members (excludes halogenated alkanes) is 27. The van der Waals surface area contributed by atoms with Gasteiger partial charge < -0.3 is 0 Å². The molecule has 0 radical (unpaired) electrons. The third kappa shape index (κ3) is 28.8. The molecule has 0 saturated heterocycles. The monoisotopic (exact) mass is 693 g/mol. The molecule has 0 N–H and O–H groups in total. The summed E-state index contributed by atoms with van der Waals surface area (Å²) in [5, 5.41) is 0. The van der Waals surface area contributed by atoms with E-state index in [1.54, 1.807) is 0 Å². The predicted molar refractivity (Wildman–Crippen MR) is 184 cm³/mol. The quantitative estimate of drug-likeness (QED) is 0.0485. The van der Waals surface area contributed by atoms with E-state index in [-0.39, 0.29) is 13.1 Å². The summed E-state index contributed by atoms with van der Waals surface area (Å²) in [6.07, 6.45) is 38.3. The Bertz CT molecular complexity index is 546. The van der Waals surface area contributed by atoms with Crippen LogP contribution < -0.4 is 0 Å². The van der Waals surface area contributed by atoms with Gasteiger partial charge in [-0.1, -0.05) is 20.8 Å². The van der Waals surface area contributed by atoms with Crippen molar-refractivity contribution < 1.29 is 30.3 Å². The van der Waals surface area contributed by atoms with Crippen molar-refractivity contribution in [3.8, 4) is 0 Å². The summed E-state index contributed by atoms with van der Waals surface area (Å²) in [5.74, 6) is 0. The molecule has 4 heteroatoms. The Morgan fingerprint density at radius 3 is 0.628 bits per heavy atom. The fourth-order valence-corrected chi connectivity index (χ4v) is 9.68. The van der Waals surface area contributed by atoms with Gasteiger partial charge in [0.15, 0.2) is 0 Å². The summed E-state index contributed by atoms with van der Waals surface area (Å²) < 4.78 is 0.163. The van der Waals surface area contributed by atoms with E-state index < -0.39 is 16.0 Å². The predicted octanol–water partition coefficient (Wildman–Crippen LogP) is 13.1. The van der Waals surface area contributed by atoms with Gasteiger partial charge in [-0.15, -0.1) is 0 Å². The zero-order chi connectivity index (χ0) is 31.6. The van der Waals surface area contributed by atoms with Gasteiger partial charge in [0.1, 0.15) is 0 Å². The van der Waals surface area contributed by atoms with E-state index in [0.29, 0.717) is 19.3 Å². The molecular formula is C39H75O3Ru. The van der Waals surface area contributed by atoms with E-state index in [4.69, 9.17) is 0 Å². The topological polar surface area (TPSA) is 51.2 Å². The SMILES string of the molecule is CCCCCCCCCCCC[C](=O)[Ru]([C](=O)CCCCCCCCCCCC)[C](=O)CCCCCCCCCCCC. The zero-order valence-corrected chi connectivity index (χ0v) is 31.2. The average molecular weight is 693 g/mol. The van der Waals surface area contributed by atoms with Crippen LogP contribution in [0.1, 0.15) is 233 Å². The normalized spacial score (nSPS) is 11.7. The Hall–Kier alpha value is -0.367. The molecule has 0 fully saturated rings. The molecule has 0 bridgehead atoms. The number of hydrogen-bond donors (Lipinski definition) is 0. The van der Waals surface area contributed by atoms with Crippen molar-refractivity contribution >= 4 is 13.1 Å². The van der Waals surface area contributed by atoms with Crippen LogP contribution in [0.4, 0.5) is 0 Å². The average Bonchev–Trinajstić information content (AvgIpc) is 3.00. The Morgan fingerprint density at radius 2 is 0.442 bits per heavy atom. The minimum absolute atomic E-state index is 0.0542. The van der Waals surface area contributed by atoms with Gasteiger partial charge in [-0.05, 0) is 0 Å². The molecule has 0 amide bonds. The van der Waals surface area contributed by atoms with E-state index in [9.17, 15) is 14.4 Å². The molecule has 257 valence electrons. The van der Waals surface area contributed by atoms with E-state index >= 15 is 0 Å². The zero-order valence-electron chi connectivity index (χ0n) is 29.4. The second-order valence-corrected chi connectivity index (χ2v) is 17.3. The molecule has 3 nitrogen and oxygen atoms in total. The van der Waals surface area contributed by atoms with Crippen molar-refractivity contribution in [2.75, 3.05) is 0 Å². The van der Waals surface area contributed by atoms with E-state index in [2.05, 4.69) is 20.8 Å². The first-order chi connectivity index (χ1) is 21.1. The number of rotatable bonds is 36. The fraction of sp³-hybridized carbons (Fsp3) is 0.923. The van der Waals surface area contributed by atoms with Crippen molar-refractivity contribution in [1.29, 1.82) is 0 Å². The van der Waals surface area contributed by atoms with Gasteiger partial charge in [-0.3, -0.25) is 0 Å². The molecule has 43 heavy (non-hydrogen) atoms. The first-order valence-electron chi connectivity index (χ1n) is 19.3.